The van der Waals surface area contributed by atoms with Crippen molar-refractivity contribution in [3.05, 3.63) is 0 Å². The monoisotopic (exact) mass is 574 g/mol. The molecular formula is C29H58N4O7. The first-order valence-corrected chi connectivity index (χ1v) is 15.2. The van der Waals surface area contributed by atoms with Crippen LogP contribution in [0.25, 0.3) is 0 Å². The maximum atomic E-state index is 10.3. The van der Waals surface area contributed by atoms with Gasteiger partial charge in [0, 0.05) is 6.54 Å². The van der Waals surface area contributed by atoms with E-state index in [1.165, 1.54) is 122 Å². The molecule has 0 aromatic carbocycles. The Morgan fingerprint density at radius 2 is 0.800 bits per heavy atom. The second-order valence-corrected chi connectivity index (χ2v) is 10.6. The van der Waals surface area contributed by atoms with Gasteiger partial charge in [-0.15, -0.1) is 0 Å². The fourth-order valence-electron chi connectivity index (χ4n) is 4.36. The zero-order chi connectivity index (χ0) is 30.5. The van der Waals surface area contributed by atoms with E-state index in [2.05, 4.69) is 4.99 Å². The van der Waals surface area contributed by atoms with Crippen LogP contribution in [0.3, 0.4) is 0 Å². The largest absolute Gasteiger partial charge is 0.481 e. The van der Waals surface area contributed by atoms with Gasteiger partial charge in [-0.3, -0.25) is 14.6 Å². The number of unbranched alkanes of at least 4 members (excludes halogenated alkanes) is 19. The molecule has 11 nitrogen and oxygen atoms in total. The second kappa shape index (κ2) is 28.1. The highest BCUT2D eigenvalue weighted by atomic mass is 16.4. The lowest BCUT2D eigenvalue weighted by Gasteiger charge is -2.18. The molecule has 0 aliphatic rings. The number of carboxylic acid groups (broad SMARTS) is 3. The summed E-state index contributed by atoms with van der Waals surface area (Å²) in [6, 6.07) is 0. The minimum absolute atomic E-state index is 0.222. The van der Waals surface area contributed by atoms with Crippen molar-refractivity contribution in [3.8, 4) is 0 Å². The summed E-state index contributed by atoms with van der Waals surface area (Å²) < 4.78 is 0. The molecule has 40 heavy (non-hydrogen) atoms. The molecule has 0 rings (SSSR count). The highest BCUT2D eigenvalue weighted by Gasteiger charge is 2.40. The number of aliphatic hydroxyl groups is 1. The maximum Gasteiger partial charge on any atom is 0.336 e. The molecule has 0 aromatic heterocycles. The molecule has 0 bridgehead atoms. The second-order valence-electron chi connectivity index (χ2n) is 10.6. The van der Waals surface area contributed by atoms with E-state index in [0.29, 0.717) is 0 Å². The van der Waals surface area contributed by atoms with Gasteiger partial charge in [0.15, 0.2) is 11.6 Å². The number of aliphatic imine (C=N–C) groups is 1. The van der Waals surface area contributed by atoms with Gasteiger partial charge in [0.1, 0.15) is 0 Å². The Morgan fingerprint density at radius 3 is 1.02 bits per heavy atom. The van der Waals surface area contributed by atoms with Crippen LogP contribution in [0.5, 0.6) is 0 Å². The SMILES string of the molecule is NCCCCCCCCCCCCCCCCCCCCCCN=C(N)N.O=C(O)CC(O)(CC(=O)O)C(=O)O. The van der Waals surface area contributed by atoms with E-state index >= 15 is 0 Å². The smallest absolute Gasteiger partial charge is 0.336 e. The highest BCUT2D eigenvalue weighted by molar-refractivity contribution is 5.88. The molecule has 0 aromatic rings. The predicted octanol–water partition coefficient (Wildman–Crippen LogP) is 4.77. The van der Waals surface area contributed by atoms with Gasteiger partial charge in [-0.1, -0.05) is 116 Å². The van der Waals surface area contributed by atoms with Crippen LogP contribution in [0.15, 0.2) is 4.99 Å². The van der Waals surface area contributed by atoms with Crippen molar-refractivity contribution in [2.75, 3.05) is 13.1 Å². The number of nitrogens with zero attached hydrogens (tertiary/aromatic N) is 1. The summed E-state index contributed by atoms with van der Waals surface area (Å²) in [6.45, 7) is 1.65. The molecule has 0 aliphatic carbocycles. The molecule has 10 N–H and O–H groups in total. The minimum Gasteiger partial charge on any atom is -0.481 e. The van der Waals surface area contributed by atoms with Crippen molar-refractivity contribution in [1.82, 2.24) is 0 Å². The topological polar surface area (TPSA) is 223 Å². The van der Waals surface area contributed by atoms with Crippen LogP contribution in [-0.4, -0.2) is 63.0 Å². The normalized spacial score (nSPS) is 10.9. The first kappa shape index (κ1) is 39.7. The predicted molar refractivity (Wildman–Crippen MR) is 159 cm³/mol. The van der Waals surface area contributed by atoms with Crippen molar-refractivity contribution >= 4 is 23.9 Å². The van der Waals surface area contributed by atoms with E-state index in [0.717, 1.165) is 19.5 Å². The summed E-state index contributed by atoms with van der Waals surface area (Å²) in [4.78, 5) is 34.5. The van der Waals surface area contributed by atoms with Gasteiger partial charge in [0.05, 0.1) is 12.8 Å². The van der Waals surface area contributed by atoms with Gasteiger partial charge in [0.2, 0.25) is 0 Å². The van der Waals surface area contributed by atoms with Gasteiger partial charge in [0.25, 0.3) is 0 Å². The molecule has 0 radical (unpaired) electrons. The van der Waals surface area contributed by atoms with Crippen LogP contribution in [0, 0.1) is 0 Å². The van der Waals surface area contributed by atoms with Gasteiger partial charge in [-0.25, -0.2) is 4.79 Å². The van der Waals surface area contributed by atoms with E-state index in [4.69, 9.17) is 37.6 Å². The number of aliphatic carboxylic acids is 3. The number of nitrogens with two attached hydrogens (primary N) is 3. The number of hydrogen-bond acceptors (Lipinski definition) is 6. The lowest BCUT2D eigenvalue weighted by atomic mass is 9.96. The van der Waals surface area contributed by atoms with Gasteiger partial charge >= 0.3 is 17.9 Å². The Kier molecular flexibility index (Phi) is 28.0. The summed E-state index contributed by atoms with van der Waals surface area (Å²) in [5.41, 5.74) is 13.4. The van der Waals surface area contributed by atoms with Crippen molar-refractivity contribution < 1.29 is 34.8 Å². The summed E-state index contributed by atoms with van der Waals surface area (Å²) in [7, 11) is 0. The van der Waals surface area contributed by atoms with Crippen LogP contribution in [0.2, 0.25) is 0 Å². The molecule has 0 spiro atoms. The van der Waals surface area contributed by atoms with E-state index in [1.807, 2.05) is 0 Å². The average Bonchev–Trinajstić information content (AvgIpc) is 2.86. The zero-order valence-corrected chi connectivity index (χ0v) is 24.7. The van der Waals surface area contributed by atoms with E-state index in [-0.39, 0.29) is 5.96 Å². The van der Waals surface area contributed by atoms with Crippen LogP contribution in [0.4, 0.5) is 0 Å². The molecule has 0 atom stereocenters. The third-order valence-corrected chi connectivity index (χ3v) is 6.69. The van der Waals surface area contributed by atoms with Crippen molar-refractivity contribution in [3.63, 3.8) is 0 Å². The van der Waals surface area contributed by atoms with Gasteiger partial charge < -0.3 is 37.6 Å². The number of guanidine groups is 1. The summed E-state index contributed by atoms with van der Waals surface area (Å²) >= 11 is 0. The Morgan fingerprint density at radius 1 is 0.525 bits per heavy atom. The third kappa shape index (κ3) is 30.1. The molecule has 236 valence electrons. The minimum atomic E-state index is -2.74. The molecule has 0 heterocycles. The standard InChI is InChI=1S/C23H50N4.C6H8O7/c24-21-19-17-15-13-11-9-7-5-3-1-2-4-6-8-10-12-14-16-18-20-22-27-23(25)26;7-3(8)1-6(13,5(11)12)2-4(9)10/h1-22,24H2,(H4,25,26,27);13H,1-2H2,(H,7,8)(H,9,10)(H,11,12). The van der Waals surface area contributed by atoms with Gasteiger partial charge in [-0.2, -0.15) is 0 Å². The van der Waals surface area contributed by atoms with Crippen molar-refractivity contribution in [1.29, 1.82) is 0 Å². The first-order valence-electron chi connectivity index (χ1n) is 15.2. The zero-order valence-electron chi connectivity index (χ0n) is 24.7. The molecule has 11 heteroatoms. The van der Waals surface area contributed by atoms with Crippen LogP contribution in [0.1, 0.15) is 141 Å². The van der Waals surface area contributed by atoms with E-state index < -0.39 is 36.4 Å². The Labute approximate surface area is 241 Å². The lowest BCUT2D eigenvalue weighted by Crippen LogP contribution is -2.42. The first-order chi connectivity index (χ1) is 19.0. The average molecular weight is 575 g/mol. The van der Waals surface area contributed by atoms with E-state index in [1.54, 1.807) is 0 Å². The highest BCUT2D eigenvalue weighted by Crippen LogP contribution is 2.16. The summed E-state index contributed by atoms with van der Waals surface area (Å²) in [6.07, 6.45) is 25.4. The molecule has 0 unspecified atom stereocenters. The van der Waals surface area contributed by atoms with Crippen molar-refractivity contribution in [2.45, 2.75) is 147 Å². The summed E-state index contributed by atoms with van der Waals surface area (Å²) in [5.74, 6) is -4.80. The fourth-order valence-corrected chi connectivity index (χ4v) is 4.36. The number of carboxylic acids is 3. The van der Waals surface area contributed by atoms with Gasteiger partial charge in [-0.05, 0) is 19.4 Å². The van der Waals surface area contributed by atoms with Crippen LogP contribution < -0.4 is 17.2 Å². The molecule has 0 saturated carbocycles. The Hall–Kier alpha value is -2.40. The summed E-state index contributed by atoms with van der Waals surface area (Å²) in [5, 5.41) is 33.8. The maximum absolute atomic E-state index is 10.3. The molecule has 0 fully saturated rings. The van der Waals surface area contributed by atoms with Crippen LogP contribution >= 0.6 is 0 Å². The number of carbonyl (C=O) groups is 3. The fraction of sp³-hybridized carbons (Fsp3) is 0.862. The number of hydrogen-bond donors (Lipinski definition) is 7. The van der Waals surface area contributed by atoms with Crippen molar-refractivity contribution in [2.24, 2.45) is 22.2 Å². The molecule has 0 aliphatic heterocycles. The Bertz CT molecular complexity index is 655. The number of rotatable bonds is 27. The molecule has 0 amide bonds. The third-order valence-electron chi connectivity index (χ3n) is 6.69. The molecular weight excluding hydrogens is 516 g/mol. The quantitative estimate of drug-likeness (QED) is 0.0404. The Balaban J connectivity index is 0. The van der Waals surface area contributed by atoms with Crippen LogP contribution in [-0.2, 0) is 14.4 Å². The lowest BCUT2D eigenvalue weighted by molar-refractivity contribution is -0.170. The molecule has 0 saturated heterocycles. The van der Waals surface area contributed by atoms with E-state index in [9.17, 15) is 14.4 Å².